The maximum Gasteiger partial charge on any atom is 0.102 e. The van der Waals surface area contributed by atoms with Gasteiger partial charge < -0.3 is 19.8 Å². The van der Waals surface area contributed by atoms with Gasteiger partial charge in [0.05, 0.1) is 11.9 Å². The largest absolute Gasteiger partial charge is 0.549 e. The van der Waals surface area contributed by atoms with Crippen LogP contribution in [0, 0.1) is 5.92 Å². The van der Waals surface area contributed by atoms with Crippen LogP contribution in [0.5, 0.6) is 0 Å². The molecule has 0 amide bonds. The van der Waals surface area contributed by atoms with Crippen LogP contribution >= 0.6 is 31.9 Å². The van der Waals surface area contributed by atoms with Gasteiger partial charge in [0.2, 0.25) is 0 Å². The van der Waals surface area contributed by atoms with Crippen LogP contribution in [0.1, 0.15) is 0 Å². The predicted octanol–water partition coefficient (Wildman–Crippen LogP) is -0.915. The summed E-state index contributed by atoms with van der Waals surface area (Å²) in [4.78, 5) is 21.2. The highest BCUT2D eigenvalue weighted by Crippen LogP contribution is 2.33. The Morgan fingerprint density at radius 1 is 1.43 bits per heavy atom. The molecule has 0 radical (unpaired) electrons. The van der Waals surface area contributed by atoms with Crippen molar-refractivity contribution < 1.29 is 19.8 Å². The van der Waals surface area contributed by atoms with E-state index in [4.69, 9.17) is 0 Å². The molecule has 1 aliphatic carbocycles. The molecular formula is C8H4Br2O4-2. The highest BCUT2D eigenvalue weighted by molar-refractivity contribution is 9.12. The lowest BCUT2D eigenvalue weighted by Gasteiger charge is -2.28. The second-order valence-electron chi connectivity index (χ2n) is 2.74. The molecule has 2 unspecified atom stereocenters. The Hall–Kier alpha value is -0.620. The van der Waals surface area contributed by atoms with Crippen LogP contribution in [0.4, 0.5) is 0 Å². The molecule has 1 rings (SSSR count). The average Bonchev–Trinajstić information content (AvgIpc) is 2.02. The number of rotatable bonds is 2. The summed E-state index contributed by atoms with van der Waals surface area (Å²) in [5, 5.41) is 21.2. The first-order valence-corrected chi connectivity index (χ1v) is 5.14. The lowest BCUT2D eigenvalue weighted by atomic mass is 9.96. The number of hydrogen-bond donors (Lipinski definition) is 0. The van der Waals surface area contributed by atoms with Crippen LogP contribution in [0.3, 0.4) is 0 Å². The van der Waals surface area contributed by atoms with Crippen LogP contribution in [0.2, 0.25) is 0 Å². The van der Waals surface area contributed by atoms with Crippen molar-refractivity contribution in [2.75, 3.05) is 0 Å². The zero-order chi connectivity index (χ0) is 10.9. The number of halogens is 2. The molecule has 0 bridgehead atoms. The van der Waals surface area contributed by atoms with E-state index in [0.717, 1.165) is 0 Å². The zero-order valence-corrected chi connectivity index (χ0v) is 9.87. The number of aliphatic carboxylic acids is 2. The molecule has 1 aliphatic rings. The molecule has 0 saturated heterocycles. The highest BCUT2D eigenvalue weighted by atomic mass is 79.9. The van der Waals surface area contributed by atoms with E-state index in [1.165, 1.54) is 18.2 Å². The molecule has 0 N–H and O–H groups in total. The number of carboxylic acid groups (broad SMARTS) is 2. The maximum atomic E-state index is 10.7. The van der Waals surface area contributed by atoms with Crippen molar-refractivity contribution in [3.8, 4) is 0 Å². The van der Waals surface area contributed by atoms with E-state index in [-0.39, 0.29) is 4.48 Å². The van der Waals surface area contributed by atoms with Gasteiger partial charge in [-0.25, -0.2) is 0 Å². The van der Waals surface area contributed by atoms with Gasteiger partial charge in [0, 0.05) is 10.4 Å². The fraction of sp³-hybridized carbons (Fsp3) is 0.250. The van der Waals surface area contributed by atoms with Crippen molar-refractivity contribution in [2.24, 2.45) is 5.92 Å². The Morgan fingerprint density at radius 2 is 2.00 bits per heavy atom. The normalized spacial score (nSPS) is 31.0. The predicted molar refractivity (Wildman–Crippen MR) is 51.3 cm³/mol. The molecule has 2 atom stereocenters. The van der Waals surface area contributed by atoms with Crippen molar-refractivity contribution in [1.82, 2.24) is 0 Å². The molecule has 4 nitrogen and oxygen atoms in total. The summed E-state index contributed by atoms with van der Waals surface area (Å²) in [6.07, 6.45) is 3.64. The Labute approximate surface area is 96.6 Å². The van der Waals surface area contributed by atoms with Gasteiger partial charge in [-0.15, -0.1) is 0 Å². The number of carboxylic acids is 2. The Kier molecular flexibility index (Phi) is 3.16. The highest BCUT2D eigenvalue weighted by Gasteiger charge is 2.28. The van der Waals surface area contributed by atoms with Gasteiger partial charge in [0.15, 0.2) is 0 Å². The lowest BCUT2D eigenvalue weighted by Crippen LogP contribution is -2.43. The van der Waals surface area contributed by atoms with E-state index >= 15 is 0 Å². The quantitative estimate of drug-likeness (QED) is 0.486. The number of carbonyl (C=O) groups excluding carboxylic acids is 2. The minimum atomic E-state index is -1.45. The lowest BCUT2D eigenvalue weighted by molar-refractivity contribution is -0.309. The van der Waals surface area contributed by atoms with Gasteiger partial charge >= 0.3 is 0 Å². The molecule has 0 fully saturated rings. The summed E-state index contributed by atoms with van der Waals surface area (Å²) in [5.74, 6) is -3.60. The number of carbonyl (C=O) groups is 2. The Morgan fingerprint density at radius 3 is 2.36 bits per heavy atom. The number of hydrogen-bond acceptors (Lipinski definition) is 4. The van der Waals surface area contributed by atoms with Gasteiger partial charge in [-0.2, -0.15) is 0 Å². The smallest absolute Gasteiger partial charge is 0.102 e. The Bertz CT molecular complexity index is 347. The van der Waals surface area contributed by atoms with E-state index in [1.54, 1.807) is 0 Å². The van der Waals surface area contributed by atoms with Crippen LogP contribution in [0.15, 0.2) is 22.7 Å². The molecular weight excluding hydrogens is 320 g/mol. The molecule has 6 heteroatoms. The molecule has 0 heterocycles. The molecule has 0 aliphatic heterocycles. The van der Waals surface area contributed by atoms with Crippen molar-refractivity contribution >= 4 is 43.8 Å². The first kappa shape index (κ1) is 11.5. The van der Waals surface area contributed by atoms with E-state index < -0.39 is 22.2 Å². The monoisotopic (exact) mass is 322 g/mol. The zero-order valence-electron chi connectivity index (χ0n) is 6.70. The second kappa shape index (κ2) is 3.86. The third-order valence-electron chi connectivity index (χ3n) is 1.74. The van der Waals surface area contributed by atoms with Gasteiger partial charge in [-0.1, -0.05) is 44.0 Å². The second-order valence-corrected chi connectivity index (χ2v) is 4.97. The molecule has 0 aromatic heterocycles. The Balaban J connectivity index is 3.02. The van der Waals surface area contributed by atoms with E-state index in [0.29, 0.717) is 0 Å². The standard InChI is InChI=1S/C8H6Br2O4/c9-5-3-8(10,7(13)14)2-1-4(5)6(11)12/h1-4H,(H,11,12)(H,13,14)/p-2. The SMILES string of the molecule is O=C([O-])C1C=CC(Br)(C(=O)[O-])C=C1Br. The molecule has 0 saturated carbocycles. The summed E-state index contributed by atoms with van der Waals surface area (Å²) in [7, 11) is 0. The summed E-state index contributed by atoms with van der Waals surface area (Å²) in [5.41, 5.74) is 0. The number of alkyl halides is 1. The summed E-state index contributed by atoms with van der Waals surface area (Å²) >= 11 is 5.88. The first-order valence-electron chi connectivity index (χ1n) is 3.55. The van der Waals surface area contributed by atoms with Crippen LogP contribution < -0.4 is 10.2 Å². The van der Waals surface area contributed by atoms with Crippen molar-refractivity contribution in [3.05, 3.63) is 22.7 Å². The van der Waals surface area contributed by atoms with E-state index in [1.807, 2.05) is 0 Å². The minimum Gasteiger partial charge on any atom is -0.549 e. The molecule has 14 heavy (non-hydrogen) atoms. The van der Waals surface area contributed by atoms with Gasteiger partial charge in [0.1, 0.15) is 4.32 Å². The van der Waals surface area contributed by atoms with E-state index in [2.05, 4.69) is 31.9 Å². The van der Waals surface area contributed by atoms with Crippen molar-refractivity contribution in [2.45, 2.75) is 4.32 Å². The maximum absolute atomic E-state index is 10.7. The fourth-order valence-corrected chi connectivity index (χ4v) is 2.39. The molecule has 0 spiro atoms. The van der Waals surface area contributed by atoms with Crippen molar-refractivity contribution in [1.29, 1.82) is 0 Å². The van der Waals surface area contributed by atoms with Crippen LogP contribution in [-0.4, -0.2) is 16.3 Å². The van der Waals surface area contributed by atoms with Crippen LogP contribution in [-0.2, 0) is 9.59 Å². The summed E-state index contributed by atoms with van der Waals surface area (Å²) < 4.78 is -1.22. The van der Waals surface area contributed by atoms with Crippen LogP contribution in [0.25, 0.3) is 0 Å². The molecule has 0 aromatic rings. The topological polar surface area (TPSA) is 80.3 Å². The van der Waals surface area contributed by atoms with Crippen molar-refractivity contribution in [3.63, 3.8) is 0 Å². The summed E-state index contributed by atoms with van der Waals surface area (Å²) in [6, 6.07) is 0. The average molecular weight is 324 g/mol. The molecule has 0 aromatic carbocycles. The van der Waals surface area contributed by atoms with Gasteiger partial charge in [-0.3, -0.25) is 0 Å². The fourth-order valence-electron chi connectivity index (χ4n) is 0.985. The third-order valence-corrected chi connectivity index (χ3v) is 3.28. The van der Waals surface area contributed by atoms with Gasteiger partial charge in [0.25, 0.3) is 0 Å². The van der Waals surface area contributed by atoms with E-state index in [9.17, 15) is 19.8 Å². The molecule has 76 valence electrons. The third kappa shape index (κ3) is 2.06. The van der Waals surface area contributed by atoms with Gasteiger partial charge in [-0.05, 0) is 6.08 Å². The minimum absolute atomic E-state index is 0.223. The summed E-state index contributed by atoms with van der Waals surface area (Å²) in [6.45, 7) is 0. The first-order chi connectivity index (χ1) is 6.37.